The molecule has 0 heterocycles. The van der Waals surface area contributed by atoms with Gasteiger partial charge in [-0.15, -0.1) is 0 Å². The van der Waals surface area contributed by atoms with Gasteiger partial charge in [-0.1, -0.05) is 57.0 Å². The molecule has 112 valence electrons. The second-order valence-electron chi connectivity index (χ2n) is 5.07. The quantitative estimate of drug-likeness (QED) is 0.658. The molecule has 0 saturated heterocycles. The number of aromatic hydroxyl groups is 1. The third kappa shape index (κ3) is 4.09. The highest BCUT2D eigenvalue weighted by molar-refractivity contribution is 9.10. The van der Waals surface area contributed by atoms with Crippen LogP contribution in [-0.4, -0.2) is 5.11 Å². The van der Waals surface area contributed by atoms with Gasteiger partial charge in [-0.3, -0.25) is 0 Å². The van der Waals surface area contributed by atoms with Crippen LogP contribution in [0, 0.1) is 0 Å². The first kappa shape index (κ1) is 16.5. The Balaban J connectivity index is 2.23. The van der Waals surface area contributed by atoms with Gasteiger partial charge in [0.15, 0.2) is 0 Å². The number of hydrogen-bond acceptors (Lipinski definition) is 2. The molecule has 2 rings (SSSR count). The first-order chi connectivity index (χ1) is 10.0. The average Bonchev–Trinajstić information content (AvgIpc) is 2.47. The van der Waals surface area contributed by atoms with Crippen molar-refractivity contribution in [3.05, 3.63) is 62.5 Å². The second-order valence-corrected chi connectivity index (χ2v) is 6.84. The molecule has 0 saturated carbocycles. The molecular formula is C17H19Br2NO. The molecule has 0 aliphatic carbocycles. The van der Waals surface area contributed by atoms with Gasteiger partial charge in [0.05, 0.1) is 0 Å². The summed E-state index contributed by atoms with van der Waals surface area (Å²) in [6.07, 6.45) is 0.902. The van der Waals surface area contributed by atoms with Gasteiger partial charge in [-0.25, -0.2) is 0 Å². The zero-order valence-corrected chi connectivity index (χ0v) is 15.3. The largest absolute Gasteiger partial charge is 0.508 e. The Labute approximate surface area is 142 Å². The van der Waals surface area contributed by atoms with E-state index in [0.29, 0.717) is 5.75 Å². The van der Waals surface area contributed by atoms with E-state index in [4.69, 9.17) is 0 Å². The lowest BCUT2D eigenvalue weighted by Crippen LogP contribution is -2.24. The highest BCUT2D eigenvalue weighted by atomic mass is 79.9. The van der Waals surface area contributed by atoms with Gasteiger partial charge in [0.2, 0.25) is 0 Å². The fourth-order valence-electron chi connectivity index (χ4n) is 2.45. The molecule has 0 fully saturated rings. The monoisotopic (exact) mass is 411 g/mol. The van der Waals surface area contributed by atoms with E-state index >= 15 is 0 Å². The number of phenols is 1. The molecule has 0 aromatic heterocycles. The van der Waals surface area contributed by atoms with Gasteiger partial charge < -0.3 is 10.4 Å². The van der Waals surface area contributed by atoms with Gasteiger partial charge in [-0.2, -0.15) is 0 Å². The summed E-state index contributed by atoms with van der Waals surface area (Å²) in [5.41, 5.74) is 2.14. The number of benzene rings is 2. The van der Waals surface area contributed by atoms with Crippen molar-refractivity contribution in [1.29, 1.82) is 0 Å². The Morgan fingerprint density at radius 3 is 2.48 bits per heavy atom. The van der Waals surface area contributed by atoms with Gasteiger partial charge >= 0.3 is 0 Å². The molecule has 0 aliphatic rings. The lowest BCUT2D eigenvalue weighted by Gasteiger charge is -2.24. The fraction of sp³-hybridized carbons (Fsp3) is 0.294. The summed E-state index contributed by atoms with van der Waals surface area (Å²) >= 11 is 7.06. The highest BCUT2D eigenvalue weighted by Crippen LogP contribution is 2.32. The summed E-state index contributed by atoms with van der Waals surface area (Å²) in [4.78, 5) is 0. The Kier molecular flexibility index (Phi) is 5.85. The summed E-state index contributed by atoms with van der Waals surface area (Å²) in [5, 5.41) is 13.7. The number of hydrogen-bond donors (Lipinski definition) is 2. The zero-order chi connectivity index (χ0) is 15.4. The molecule has 0 bridgehead atoms. The van der Waals surface area contributed by atoms with E-state index in [1.807, 2.05) is 30.3 Å². The second kappa shape index (κ2) is 7.43. The number of nitrogens with one attached hydrogen (secondary N) is 1. The minimum absolute atomic E-state index is 0.101. The van der Waals surface area contributed by atoms with E-state index in [9.17, 15) is 5.11 Å². The molecule has 4 heteroatoms. The topological polar surface area (TPSA) is 32.3 Å². The smallest absolute Gasteiger partial charge is 0.120 e. The van der Waals surface area contributed by atoms with E-state index in [2.05, 4.69) is 57.1 Å². The fourth-order valence-corrected chi connectivity index (χ4v) is 3.46. The molecule has 21 heavy (non-hydrogen) atoms. The van der Waals surface area contributed by atoms with Crippen LogP contribution in [0.1, 0.15) is 43.5 Å². The molecular weight excluding hydrogens is 394 g/mol. The van der Waals surface area contributed by atoms with Crippen molar-refractivity contribution in [3.8, 4) is 5.75 Å². The van der Waals surface area contributed by atoms with Crippen molar-refractivity contribution in [3.63, 3.8) is 0 Å². The average molecular weight is 413 g/mol. The summed E-state index contributed by atoms with van der Waals surface area (Å²) in [6.45, 7) is 4.25. The highest BCUT2D eigenvalue weighted by Gasteiger charge is 2.18. The Morgan fingerprint density at radius 1 is 1.10 bits per heavy atom. The first-order valence-electron chi connectivity index (χ1n) is 7.01. The minimum Gasteiger partial charge on any atom is -0.508 e. The van der Waals surface area contributed by atoms with Crippen molar-refractivity contribution in [2.75, 3.05) is 0 Å². The van der Waals surface area contributed by atoms with E-state index in [0.717, 1.165) is 20.9 Å². The van der Waals surface area contributed by atoms with Gasteiger partial charge in [0.25, 0.3) is 0 Å². The van der Waals surface area contributed by atoms with Gasteiger partial charge in [0, 0.05) is 26.6 Å². The molecule has 1 unspecified atom stereocenters. The normalized spacial score (nSPS) is 13.9. The lowest BCUT2D eigenvalue weighted by atomic mass is 10.0. The van der Waals surface area contributed by atoms with Crippen LogP contribution >= 0.6 is 31.9 Å². The summed E-state index contributed by atoms with van der Waals surface area (Å²) < 4.78 is 2.07. The maximum Gasteiger partial charge on any atom is 0.120 e. The predicted octanol–water partition coefficient (Wildman–Crippen LogP) is 5.72. The molecule has 0 radical (unpaired) electrons. The Morgan fingerprint density at radius 2 is 1.81 bits per heavy atom. The molecule has 0 aliphatic heterocycles. The number of phenolic OH excluding ortho intramolecular Hbond substituents is 1. The van der Waals surface area contributed by atoms with Crippen LogP contribution in [0.3, 0.4) is 0 Å². The summed E-state index contributed by atoms with van der Waals surface area (Å²) in [6, 6.07) is 14.0. The maximum absolute atomic E-state index is 10.1. The van der Waals surface area contributed by atoms with Crippen molar-refractivity contribution >= 4 is 31.9 Å². The maximum atomic E-state index is 10.1. The summed E-state index contributed by atoms with van der Waals surface area (Å²) in [5.74, 6) is 0.330. The lowest BCUT2D eigenvalue weighted by molar-refractivity contribution is 0.418. The SMILES string of the molecule is CCC(N[C@H](C)c1ccccc1Br)c1cc(Br)ccc1O. The Bertz CT molecular complexity index is 615. The van der Waals surface area contributed by atoms with Crippen LogP contribution in [0.25, 0.3) is 0 Å². The standard InChI is InChI=1S/C17H19Br2NO/c1-3-16(14-10-12(18)8-9-17(14)21)20-11(2)13-6-4-5-7-15(13)19/h4-11,16,20-21H,3H2,1-2H3/t11-,16?/m1/s1. The molecule has 2 N–H and O–H groups in total. The first-order valence-corrected chi connectivity index (χ1v) is 8.60. The molecule has 2 aromatic carbocycles. The van der Waals surface area contributed by atoms with Crippen molar-refractivity contribution < 1.29 is 5.11 Å². The van der Waals surface area contributed by atoms with Crippen molar-refractivity contribution in [1.82, 2.24) is 5.32 Å². The van der Waals surface area contributed by atoms with Crippen LogP contribution in [0.2, 0.25) is 0 Å². The molecule has 2 nitrogen and oxygen atoms in total. The predicted molar refractivity (Wildman–Crippen MR) is 94.5 cm³/mol. The van der Waals surface area contributed by atoms with Gasteiger partial charge in [0.1, 0.15) is 5.75 Å². The zero-order valence-electron chi connectivity index (χ0n) is 12.1. The molecule has 2 atom stereocenters. The Hall–Kier alpha value is -0.840. The van der Waals surface area contributed by atoms with Crippen LogP contribution in [0.5, 0.6) is 5.75 Å². The van der Waals surface area contributed by atoms with Gasteiger partial charge in [-0.05, 0) is 43.2 Å². The van der Waals surface area contributed by atoms with Crippen LogP contribution in [0.15, 0.2) is 51.4 Å². The van der Waals surface area contributed by atoms with Crippen LogP contribution in [-0.2, 0) is 0 Å². The molecule has 2 aromatic rings. The number of rotatable bonds is 5. The molecule has 0 amide bonds. The van der Waals surface area contributed by atoms with Crippen molar-refractivity contribution in [2.24, 2.45) is 0 Å². The van der Waals surface area contributed by atoms with E-state index < -0.39 is 0 Å². The van der Waals surface area contributed by atoms with E-state index in [1.165, 1.54) is 5.56 Å². The van der Waals surface area contributed by atoms with Crippen LogP contribution < -0.4 is 5.32 Å². The van der Waals surface area contributed by atoms with Crippen molar-refractivity contribution in [2.45, 2.75) is 32.4 Å². The van der Waals surface area contributed by atoms with Crippen LogP contribution in [0.4, 0.5) is 0 Å². The van der Waals surface area contributed by atoms with E-state index in [1.54, 1.807) is 6.07 Å². The minimum atomic E-state index is 0.101. The molecule has 0 spiro atoms. The third-order valence-electron chi connectivity index (χ3n) is 3.60. The number of halogens is 2. The third-order valence-corrected chi connectivity index (χ3v) is 4.81. The summed E-state index contributed by atoms with van der Waals surface area (Å²) in [7, 11) is 0. The van der Waals surface area contributed by atoms with E-state index in [-0.39, 0.29) is 12.1 Å².